The van der Waals surface area contributed by atoms with E-state index in [1.54, 1.807) is 0 Å². The molecule has 214 valence electrons. The van der Waals surface area contributed by atoms with E-state index in [4.69, 9.17) is 0 Å². The maximum absolute atomic E-state index is 12.4. The van der Waals surface area contributed by atoms with Gasteiger partial charge in [0.1, 0.15) is 11.0 Å². The summed E-state index contributed by atoms with van der Waals surface area (Å²) in [6, 6.07) is 15.2. The van der Waals surface area contributed by atoms with Crippen LogP contribution in [0, 0.1) is 0 Å². The second-order valence-corrected chi connectivity index (χ2v) is 10.9. The average molecular weight is 545 g/mol. The number of hydrogen-bond acceptors (Lipinski definition) is 6. The Bertz CT molecular complexity index is 1230. The molecule has 0 aliphatic carbocycles. The van der Waals surface area contributed by atoms with Crippen molar-refractivity contribution in [2.75, 3.05) is 0 Å². The Balaban J connectivity index is 0.888. The molecule has 0 aliphatic rings. The number of unbranched alkanes of at least 4 members (excludes halogenated alkanes) is 15. The van der Waals surface area contributed by atoms with Gasteiger partial charge in [-0.2, -0.15) is 9.36 Å². The lowest BCUT2D eigenvalue weighted by atomic mass is 10.0. The summed E-state index contributed by atoms with van der Waals surface area (Å²) in [5, 5.41) is 16.2. The van der Waals surface area contributed by atoms with Gasteiger partial charge in [0.2, 0.25) is 11.8 Å². The monoisotopic (exact) mass is 544 g/mol. The second-order valence-electron chi connectivity index (χ2n) is 10.9. The lowest BCUT2D eigenvalue weighted by Crippen LogP contribution is -2.12. The van der Waals surface area contributed by atoms with E-state index in [2.05, 4.69) is 20.6 Å². The van der Waals surface area contributed by atoms with Crippen LogP contribution >= 0.6 is 0 Å². The minimum absolute atomic E-state index is 0.0403. The standard InChI is InChI=1S/C32H44N6O2/c39-31(37-29-23-19-17-21-27(29)33-35-37)25-15-13-11-9-7-5-3-1-2-4-6-8-10-12-14-16-26-32(40)38-30-24-20-18-22-28(30)34-36-38/h17-24H,1-16,25-26H2. The first-order valence-corrected chi connectivity index (χ1v) is 15.4. The molecule has 2 aromatic carbocycles. The highest BCUT2D eigenvalue weighted by Crippen LogP contribution is 2.16. The fourth-order valence-electron chi connectivity index (χ4n) is 5.35. The molecule has 0 N–H and O–H groups in total. The Morgan fingerprint density at radius 1 is 0.450 bits per heavy atom. The lowest BCUT2D eigenvalue weighted by Gasteiger charge is -2.04. The minimum atomic E-state index is 0.0403. The Kier molecular flexibility index (Phi) is 12.3. The van der Waals surface area contributed by atoms with E-state index in [1.807, 2.05) is 48.5 Å². The summed E-state index contributed by atoms with van der Waals surface area (Å²) in [5.74, 6) is 0.0805. The van der Waals surface area contributed by atoms with Crippen LogP contribution in [-0.4, -0.2) is 41.8 Å². The second kappa shape index (κ2) is 16.6. The van der Waals surface area contributed by atoms with Crippen molar-refractivity contribution in [3.05, 3.63) is 48.5 Å². The molecular weight excluding hydrogens is 500 g/mol. The summed E-state index contributed by atoms with van der Waals surface area (Å²) in [6.07, 6.45) is 20.7. The minimum Gasteiger partial charge on any atom is -0.273 e. The zero-order valence-electron chi connectivity index (χ0n) is 23.8. The first-order chi connectivity index (χ1) is 19.7. The van der Waals surface area contributed by atoms with Gasteiger partial charge in [-0.05, 0) is 37.1 Å². The molecule has 0 saturated carbocycles. The molecule has 0 aliphatic heterocycles. The Morgan fingerprint density at radius 2 is 0.750 bits per heavy atom. The zero-order valence-corrected chi connectivity index (χ0v) is 23.8. The van der Waals surface area contributed by atoms with Gasteiger partial charge in [0.05, 0.1) is 11.0 Å². The van der Waals surface area contributed by atoms with E-state index < -0.39 is 0 Å². The third-order valence-corrected chi connectivity index (χ3v) is 7.71. The molecule has 0 atom stereocenters. The highest BCUT2D eigenvalue weighted by molar-refractivity contribution is 5.89. The highest BCUT2D eigenvalue weighted by Gasteiger charge is 2.12. The molecule has 4 rings (SSSR count). The molecule has 0 bridgehead atoms. The quantitative estimate of drug-likeness (QED) is 0.110. The summed E-state index contributed by atoms with van der Waals surface area (Å²) in [5.41, 5.74) is 3.14. The number of carbonyl (C=O) groups excluding carboxylic acids is 2. The molecule has 4 aromatic rings. The van der Waals surface area contributed by atoms with Crippen molar-refractivity contribution in [1.82, 2.24) is 30.0 Å². The van der Waals surface area contributed by atoms with Gasteiger partial charge in [-0.1, -0.05) is 125 Å². The van der Waals surface area contributed by atoms with Crippen LogP contribution in [0.2, 0.25) is 0 Å². The van der Waals surface area contributed by atoms with Gasteiger partial charge in [0.25, 0.3) is 0 Å². The van der Waals surface area contributed by atoms with Crippen molar-refractivity contribution in [3.63, 3.8) is 0 Å². The summed E-state index contributed by atoms with van der Waals surface area (Å²) in [7, 11) is 0. The SMILES string of the molecule is O=C(CCCCCCCCCCCCCCCCCCC(=O)n1nnc2ccccc21)n1nnc2ccccc21. The molecule has 40 heavy (non-hydrogen) atoms. The molecule has 2 heterocycles. The Hall–Kier alpha value is -3.42. The van der Waals surface area contributed by atoms with Gasteiger partial charge in [-0.25, -0.2) is 0 Å². The fourth-order valence-corrected chi connectivity index (χ4v) is 5.35. The number of benzene rings is 2. The van der Waals surface area contributed by atoms with E-state index in [0.717, 1.165) is 47.8 Å². The maximum Gasteiger partial charge on any atom is 0.248 e. The van der Waals surface area contributed by atoms with Gasteiger partial charge in [-0.15, -0.1) is 10.2 Å². The Labute approximate surface area is 237 Å². The third kappa shape index (κ3) is 9.07. The normalized spacial score (nSPS) is 11.5. The number of nitrogens with zero attached hydrogens (tertiary/aromatic N) is 6. The maximum atomic E-state index is 12.4. The average Bonchev–Trinajstić information content (AvgIpc) is 3.61. The molecule has 0 saturated heterocycles. The van der Waals surface area contributed by atoms with Crippen LogP contribution in [0.5, 0.6) is 0 Å². The van der Waals surface area contributed by atoms with E-state index >= 15 is 0 Å². The number of carbonyl (C=O) groups is 2. The van der Waals surface area contributed by atoms with Crippen molar-refractivity contribution >= 4 is 33.9 Å². The molecule has 0 unspecified atom stereocenters. The summed E-state index contributed by atoms with van der Waals surface area (Å²) in [6.45, 7) is 0. The smallest absolute Gasteiger partial charge is 0.248 e. The number of hydrogen-bond donors (Lipinski definition) is 0. The topological polar surface area (TPSA) is 95.6 Å². The molecule has 2 aromatic heterocycles. The molecular formula is C32H44N6O2. The van der Waals surface area contributed by atoms with Gasteiger partial charge in [0, 0.05) is 12.8 Å². The third-order valence-electron chi connectivity index (χ3n) is 7.71. The fraction of sp³-hybridized carbons (Fsp3) is 0.562. The molecule has 0 radical (unpaired) electrons. The summed E-state index contributed by atoms with van der Waals surface area (Å²) in [4.78, 5) is 24.8. The molecule has 0 amide bonds. The van der Waals surface area contributed by atoms with Crippen LogP contribution in [0.1, 0.15) is 125 Å². The van der Waals surface area contributed by atoms with Crippen LogP contribution in [0.3, 0.4) is 0 Å². The zero-order chi connectivity index (χ0) is 27.8. The first kappa shape index (κ1) is 29.6. The molecule has 0 spiro atoms. The summed E-state index contributed by atoms with van der Waals surface area (Å²) < 4.78 is 2.90. The van der Waals surface area contributed by atoms with Crippen molar-refractivity contribution in [2.45, 2.75) is 116 Å². The number of para-hydroxylation sites is 2. The predicted molar refractivity (Wildman–Crippen MR) is 159 cm³/mol. The molecule has 0 fully saturated rings. The van der Waals surface area contributed by atoms with Crippen LogP contribution in [0.15, 0.2) is 48.5 Å². The van der Waals surface area contributed by atoms with Crippen molar-refractivity contribution in [2.24, 2.45) is 0 Å². The largest absolute Gasteiger partial charge is 0.273 e. The van der Waals surface area contributed by atoms with E-state index in [-0.39, 0.29) is 11.8 Å². The van der Waals surface area contributed by atoms with Crippen molar-refractivity contribution < 1.29 is 9.59 Å². The molecule has 8 nitrogen and oxygen atoms in total. The van der Waals surface area contributed by atoms with Crippen LogP contribution < -0.4 is 0 Å². The first-order valence-electron chi connectivity index (χ1n) is 15.4. The van der Waals surface area contributed by atoms with E-state index in [9.17, 15) is 9.59 Å². The van der Waals surface area contributed by atoms with Crippen LogP contribution in [0.4, 0.5) is 0 Å². The van der Waals surface area contributed by atoms with Gasteiger partial charge < -0.3 is 0 Å². The number of rotatable bonds is 19. The Morgan fingerprint density at radius 3 is 1.10 bits per heavy atom. The van der Waals surface area contributed by atoms with Gasteiger partial charge >= 0.3 is 0 Å². The van der Waals surface area contributed by atoms with Crippen LogP contribution in [-0.2, 0) is 0 Å². The predicted octanol–water partition coefficient (Wildman–Crippen LogP) is 8.18. The van der Waals surface area contributed by atoms with Crippen LogP contribution in [0.25, 0.3) is 22.1 Å². The molecule has 8 heteroatoms. The van der Waals surface area contributed by atoms with Gasteiger partial charge in [0.15, 0.2) is 0 Å². The van der Waals surface area contributed by atoms with E-state index in [0.29, 0.717) is 12.8 Å². The van der Waals surface area contributed by atoms with E-state index in [1.165, 1.54) is 86.4 Å². The number of aromatic nitrogens is 6. The highest BCUT2D eigenvalue weighted by atomic mass is 16.2. The van der Waals surface area contributed by atoms with Crippen molar-refractivity contribution in [1.29, 1.82) is 0 Å². The summed E-state index contributed by atoms with van der Waals surface area (Å²) >= 11 is 0. The van der Waals surface area contributed by atoms with Crippen molar-refractivity contribution in [3.8, 4) is 0 Å². The number of fused-ring (bicyclic) bond motifs is 2. The lowest BCUT2D eigenvalue weighted by molar-refractivity contribution is 0.0878. The van der Waals surface area contributed by atoms with Gasteiger partial charge in [-0.3, -0.25) is 9.59 Å².